The molecule has 2 rings (SSSR count). The summed E-state index contributed by atoms with van der Waals surface area (Å²) in [4.78, 5) is 8.16. The standard InChI is InChI=1S/C14H18N4/c1-3-11-6-4-5-7-12(11)8-16-14-10(2)13(15)17-9-18-14/h4-7,9H,3,8H2,1-2H3,(H3,15,16,17,18). The molecule has 2 aromatic rings. The Hall–Kier alpha value is -2.10. The van der Waals surface area contributed by atoms with Gasteiger partial charge in [-0.3, -0.25) is 0 Å². The van der Waals surface area contributed by atoms with Gasteiger partial charge in [0.25, 0.3) is 0 Å². The summed E-state index contributed by atoms with van der Waals surface area (Å²) in [7, 11) is 0. The van der Waals surface area contributed by atoms with Gasteiger partial charge in [-0.2, -0.15) is 0 Å². The Labute approximate surface area is 107 Å². The van der Waals surface area contributed by atoms with E-state index in [9.17, 15) is 0 Å². The van der Waals surface area contributed by atoms with Crippen molar-refractivity contribution in [2.75, 3.05) is 11.1 Å². The van der Waals surface area contributed by atoms with Crippen LogP contribution in [-0.4, -0.2) is 9.97 Å². The Kier molecular flexibility index (Phi) is 3.77. The fourth-order valence-corrected chi connectivity index (χ4v) is 1.90. The molecule has 4 heteroatoms. The van der Waals surface area contributed by atoms with Gasteiger partial charge < -0.3 is 11.1 Å². The van der Waals surface area contributed by atoms with Crippen LogP contribution in [0.2, 0.25) is 0 Å². The first-order valence-electron chi connectivity index (χ1n) is 6.10. The van der Waals surface area contributed by atoms with Crippen molar-refractivity contribution in [2.45, 2.75) is 26.8 Å². The molecule has 0 aliphatic heterocycles. The van der Waals surface area contributed by atoms with Crippen LogP contribution in [0.4, 0.5) is 11.6 Å². The minimum atomic E-state index is 0.524. The van der Waals surface area contributed by atoms with E-state index in [1.54, 1.807) is 0 Å². The number of hydrogen-bond donors (Lipinski definition) is 2. The lowest BCUT2D eigenvalue weighted by Crippen LogP contribution is -2.07. The molecule has 94 valence electrons. The zero-order valence-electron chi connectivity index (χ0n) is 10.8. The fraction of sp³-hybridized carbons (Fsp3) is 0.286. The normalized spacial score (nSPS) is 10.3. The molecule has 0 saturated carbocycles. The minimum Gasteiger partial charge on any atom is -0.383 e. The highest BCUT2D eigenvalue weighted by atomic mass is 15.0. The maximum absolute atomic E-state index is 5.75. The molecule has 0 atom stereocenters. The van der Waals surface area contributed by atoms with Crippen molar-refractivity contribution in [3.8, 4) is 0 Å². The van der Waals surface area contributed by atoms with E-state index in [4.69, 9.17) is 5.73 Å². The summed E-state index contributed by atoms with van der Waals surface area (Å²) in [6.45, 7) is 4.83. The van der Waals surface area contributed by atoms with E-state index in [2.05, 4.69) is 46.5 Å². The quantitative estimate of drug-likeness (QED) is 0.864. The summed E-state index contributed by atoms with van der Waals surface area (Å²) >= 11 is 0. The van der Waals surface area contributed by atoms with Crippen LogP contribution in [0.5, 0.6) is 0 Å². The second-order valence-corrected chi connectivity index (χ2v) is 4.21. The lowest BCUT2D eigenvalue weighted by Gasteiger charge is -2.11. The summed E-state index contributed by atoms with van der Waals surface area (Å²) in [6, 6.07) is 8.40. The lowest BCUT2D eigenvalue weighted by atomic mass is 10.1. The van der Waals surface area contributed by atoms with Gasteiger partial charge >= 0.3 is 0 Å². The first-order chi connectivity index (χ1) is 8.72. The molecule has 18 heavy (non-hydrogen) atoms. The number of nitrogens with zero attached hydrogens (tertiary/aromatic N) is 2. The molecule has 1 heterocycles. The van der Waals surface area contributed by atoms with Gasteiger partial charge in [0.2, 0.25) is 0 Å². The molecular formula is C14H18N4. The van der Waals surface area contributed by atoms with E-state index in [0.717, 1.165) is 24.3 Å². The zero-order chi connectivity index (χ0) is 13.0. The number of anilines is 2. The molecular weight excluding hydrogens is 224 g/mol. The highest BCUT2D eigenvalue weighted by Crippen LogP contribution is 2.17. The largest absolute Gasteiger partial charge is 0.383 e. The summed E-state index contributed by atoms with van der Waals surface area (Å²) in [5, 5.41) is 3.31. The molecule has 4 nitrogen and oxygen atoms in total. The van der Waals surface area contributed by atoms with Gasteiger partial charge in [0.05, 0.1) is 0 Å². The van der Waals surface area contributed by atoms with Crippen LogP contribution >= 0.6 is 0 Å². The van der Waals surface area contributed by atoms with Gasteiger partial charge in [-0.25, -0.2) is 9.97 Å². The van der Waals surface area contributed by atoms with Crippen molar-refractivity contribution < 1.29 is 0 Å². The average Bonchev–Trinajstić information content (AvgIpc) is 2.41. The molecule has 0 fully saturated rings. The Morgan fingerprint density at radius 3 is 2.61 bits per heavy atom. The average molecular weight is 242 g/mol. The summed E-state index contributed by atoms with van der Waals surface area (Å²) in [5.74, 6) is 1.32. The van der Waals surface area contributed by atoms with Gasteiger partial charge in [0.1, 0.15) is 18.0 Å². The molecule has 3 N–H and O–H groups in total. The molecule has 1 aromatic heterocycles. The van der Waals surface area contributed by atoms with Gasteiger partial charge in [-0.05, 0) is 24.5 Å². The number of aromatic nitrogens is 2. The van der Waals surface area contributed by atoms with E-state index in [-0.39, 0.29) is 0 Å². The fourth-order valence-electron chi connectivity index (χ4n) is 1.90. The van der Waals surface area contributed by atoms with Crippen molar-refractivity contribution in [1.29, 1.82) is 0 Å². The second kappa shape index (κ2) is 5.49. The molecule has 0 aliphatic rings. The third-order valence-electron chi connectivity index (χ3n) is 3.07. The molecule has 0 aliphatic carbocycles. The van der Waals surface area contributed by atoms with E-state index < -0.39 is 0 Å². The first-order valence-corrected chi connectivity index (χ1v) is 6.10. The molecule has 0 radical (unpaired) electrons. The van der Waals surface area contributed by atoms with Crippen molar-refractivity contribution in [3.05, 3.63) is 47.3 Å². The topological polar surface area (TPSA) is 63.8 Å². The number of nitrogen functional groups attached to an aromatic ring is 1. The van der Waals surface area contributed by atoms with Crippen LogP contribution in [0.3, 0.4) is 0 Å². The molecule has 1 aromatic carbocycles. The first kappa shape index (κ1) is 12.4. The van der Waals surface area contributed by atoms with Crippen LogP contribution in [0.1, 0.15) is 23.6 Å². The Bertz CT molecular complexity index is 537. The predicted molar refractivity (Wildman–Crippen MR) is 74.3 cm³/mol. The number of nitrogens with two attached hydrogens (primary N) is 1. The third-order valence-corrected chi connectivity index (χ3v) is 3.07. The predicted octanol–water partition coefficient (Wildman–Crippen LogP) is 2.54. The molecule has 0 spiro atoms. The highest BCUT2D eigenvalue weighted by Gasteiger charge is 2.05. The summed E-state index contributed by atoms with van der Waals surface area (Å²) in [6.07, 6.45) is 2.51. The molecule has 0 amide bonds. The molecule has 0 bridgehead atoms. The van der Waals surface area contributed by atoms with Crippen LogP contribution in [0.25, 0.3) is 0 Å². The van der Waals surface area contributed by atoms with Gasteiger partial charge in [0, 0.05) is 12.1 Å². The highest BCUT2D eigenvalue weighted by molar-refractivity contribution is 5.54. The maximum Gasteiger partial charge on any atom is 0.134 e. The van der Waals surface area contributed by atoms with Crippen molar-refractivity contribution in [1.82, 2.24) is 9.97 Å². The van der Waals surface area contributed by atoms with Crippen molar-refractivity contribution in [3.63, 3.8) is 0 Å². The van der Waals surface area contributed by atoms with Crippen molar-refractivity contribution >= 4 is 11.6 Å². The van der Waals surface area contributed by atoms with Gasteiger partial charge in [-0.1, -0.05) is 31.2 Å². The van der Waals surface area contributed by atoms with Crippen LogP contribution < -0.4 is 11.1 Å². The Morgan fingerprint density at radius 1 is 1.17 bits per heavy atom. The SMILES string of the molecule is CCc1ccccc1CNc1ncnc(N)c1C. The van der Waals surface area contributed by atoms with E-state index in [1.807, 2.05) is 6.92 Å². The Morgan fingerprint density at radius 2 is 1.89 bits per heavy atom. The third kappa shape index (κ3) is 2.59. The van der Waals surface area contributed by atoms with Crippen molar-refractivity contribution in [2.24, 2.45) is 0 Å². The number of rotatable bonds is 4. The van der Waals surface area contributed by atoms with Gasteiger partial charge in [-0.15, -0.1) is 0 Å². The molecule has 0 saturated heterocycles. The Balaban J connectivity index is 2.14. The van der Waals surface area contributed by atoms with E-state index in [1.165, 1.54) is 17.5 Å². The second-order valence-electron chi connectivity index (χ2n) is 4.21. The zero-order valence-corrected chi connectivity index (χ0v) is 10.8. The number of benzene rings is 1. The number of hydrogen-bond acceptors (Lipinski definition) is 4. The number of nitrogens with one attached hydrogen (secondary N) is 1. The smallest absolute Gasteiger partial charge is 0.134 e. The van der Waals surface area contributed by atoms with Gasteiger partial charge in [0.15, 0.2) is 0 Å². The number of aryl methyl sites for hydroxylation is 1. The van der Waals surface area contributed by atoms with E-state index in [0.29, 0.717) is 5.82 Å². The monoisotopic (exact) mass is 242 g/mol. The molecule has 0 unspecified atom stereocenters. The van der Waals surface area contributed by atoms with Crippen LogP contribution in [0.15, 0.2) is 30.6 Å². The van der Waals surface area contributed by atoms with Crippen LogP contribution in [0, 0.1) is 6.92 Å². The lowest BCUT2D eigenvalue weighted by molar-refractivity contribution is 1.02. The van der Waals surface area contributed by atoms with E-state index >= 15 is 0 Å². The summed E-state index contributed by atoms with van der Waals surface area (Å²) < 4.78 is 0. The van der Waals surface area contributed by atoms with Crippen LogP contribution in [-0.2, 0) is 13.0 Å². The minimum absolute atomic E-state index is 0.524. The maximum atomic E-state index is 5.75. The summed E-state index contributed by atoms with van der Waals surface area (Å²) in [5.41, 5.74) is 9.29.